The van der Waals surface area contributed by atoms with Crippen LogP contribution in [-0.4, -0.2) is 87.8 Å². The van der Waals surface area contributed by atoms with Crippen molar-refractivity contribution in [3.05, 3.63) is 78.8 Å². The van der Waals surface area contributed by atoms with Crippen LogP contribution in [0.25, 0.3) is 44.1 Å². The number of nitrogens with one attached hydrogen (secondary N) is 1. The molecule has 1 spiro atoms. The number of aromatic amines is 1. The van der Waals surface area contributed by atoms with E-state index in [4.69, 9.17) is 14.7 Å². The van der Waals surface area contributed by atoms with E-state index in [1.54, 1.807) is 6.20 Å². The Kier molecular flexibility index (Phi) is 8.06. The molecule has 8 rings (SSSR count). The number of fused-ring (bicyclic) bond motifs is 2. The van der Waals surface area contributed by atoms with E-state index in [0.717, 1.165) is 105 Å². The Hall–Kier alpha value is -4.83. The molecule has 2 aromatic heterocycles. The number of benzene rings is 3. The number of hydrogen-bond acceptors (Lipinski definition) is 7. The average molecular weight is 660 g/mol. The summed E-state index contributed by atoms with van der Waals surface area (Å²) in [6.45, 7) is 13.7. The number of carbonyl (C=O) groups excluding carboxylic acids is 1. The number of amides is 1. The summed E-state index contributed by atoms with van der Waals surface area (Å²) in [6.07, 6.45) is 6.71. The summed E-state index contributed by atoms with van der Waals surface area (Å²) >= 11 is 0. The lowest BCUT2D eigenvalue weighted by molar-refractivity contribution is -0.139. The molecule has 9 nitrogen and oxygen atoms in total. The Labute approximate surface area is 285 Å². The molecule has 0 radical (unpaired) electrons. The van der Waals surface area contributed by atoms with Gasteiger partial charge in [-0.3, -0.25) is 9.89 Å². The van der Waals surface area contributed by atoms with E-state index < -0.39 is 5.82 Å². The number of ether oxygens (including phenoxy) is 1. The second kappa shape index (κ2) is 12.6. The van der Waals surface area contributed by atoms with Crippen molar-refractivity contribution in [1.82, 2.24) is 30.0 Å². The lowest BCUT2D eigenvalue weighted by atomic mass is 9.72. The number of hydrogen-bond donors (Lipinski definition) is 1. The van der Waals surface area contributed by atoms with Gasteiger partial charge in [0.25, 0.3) is 0 Å². The number of rotatable bonds is 7. The van der Waals surface area contributed by atoms with Gasteiger partial charge in [0, 0.05) is 61.0 Å². The second-order valence-corrected chi connectivity index (χ2v) is 13.9. The predicted octanol–water partition coefficient (Wildman–Crippen LogP) is 6.77. The van der Waals surface area contributed by atoms with Gasteiger partial charge in [-0.2, -0.15) is 15.1 Å². The molecule has 10 heteroatoms. The van der Waals surface area contributed by atoms with E-state index in [0.29, 0.717) is 16.8 Å². The number of anilines is 1. The topological polar surface area (TPSA) is 90.5 Å². The van der Waals surface area contributed by atoms with Crippen molar-refractivity contribution < 1.29 is 13.9 Å². The van der Waals surface area contributed by atoms with E-state index in [-0.39, 0.29) is 29.0 Å². The maximum Gasteiger partial charge on any atom is 0.319 e. The van der Waals surface area contributed by atoms with Crippen molar-refractivity contribution in [3.8, 4) is 28.3 Å². The van der Waals surface area contributed by atoms with Crippen LogP contribution in [0, 0.1) is 18.2 Å². The standard InChI is InChI=1S/C39H42FN7O2/c1-4-32(48)47-23-39(24-47)15-19-46(20-16-39)37-29-21-28(26-9-7-6-8-10-26)34(33-25(3)11-12-31-30(33)22-41-44-31)35(40)36(29)42-38(43-37)49-27-13-17-45(5-2)18-14-27/h4,6-12,21-22,27H,1,5,13-20,23-24H2,2-3H3,(H,41,44). The van der Waals surface area contributed by atoms with Crippen LogP contribution in [0.2, 0.25) is 0 Å². The number of likely N-dealkylation sites (tertiary alicyclic amines) is 2. The van der Waals surface area contributed by atoms with E-state index in [9.17, 15) is 4.79 Å². The smallest absolute Gasteiger partial charge is 0.319 e. The fraction of sp³-hybridized carbons (Fsp3) is 0.385. The average Bonchev–Trinajstić information content (AvgIpc) is 3.60. The van der Waals surface area contributed by atoms with E-state index in [1.165, 1.54) is 6.08 Å². The number of piperidine rings is 2. The second-order valence-electron chi connectivity index (χ2n) is 13.9. The van der Waals surface area contributed by atoms with Gasteiger partial charge in [0.1, 0.15) is 17.4 Å². The number of carbonyl (C=O) groups is 1. The summed E-state index contributed by atoms with van der Waals surface area (Å²) in [6, 6.07) is 16.3. The summed E-state index contributed by atoms with van der Waals surface area (Å²) in [4.78, 5) is 28.7. The lowest BCUT2D eigenvalue weighted by Gasteiger charge is -2.54. The van der Waals surface area contributed by atoms with Crippen molar-refractivity contribution in [2.75, 3.05) is 50.7 Å². The molecule has 0 atom stereocenters. The normalized spacial score (nSPS) is 18.3. The first kappa shape index (κ1) is 31.4. The first-order valence-corrected chi connectivity index (χ1v) is 17.4. The molecule has 49 heavy (non-hydrogen) atoms. The van der Waals surface area contributed by atoms with Crippen LogP contribution in [0.4, 0.5) is 10.2 Å². The predicted molar refractivity (Wildman–Crippen MR) is 191 cm³/mol. The van der Waals surface area contributed by atoms with Crippen molar-refractivity contribution in [3.63, 3.8) is 0 Å². The Morgan fingerprint density at radius 3 is 2.51 bits per heavy atom. The highest BCUT2D eigenvalue weighted by Crippen LogP contribution is 2.46. The highest BCUT2D eigenvalue weighted by atomic mass is 19.1. The van der Waals surface area contributed by atoms with Crippen LogP contribution in [0.1, 0.15) is 38.2 Å². The number of halogens is 1. The van der Waals surface area contributed by atoms with Gasteiger partial charge >= 0.3 is 6.01 Å². The molecular formula is C39H42FN7O2. The molecule has 5 heterocycles. The molecule has 3 aromatic carbocycles. The zero-order valence-corrected chi connectivity index (χ0v) is 28.2. The van der Waals surface area contributed by atoms with Crippen LogP contribution < -0.4 is 9.64 Å². The summed E-state index contributed by atoms with van der Waals surface area (Å²) in [5, 5.41) is 8.88. The lowest BCUT2D eigenvalue weighted by Crippen LogP contribution is -2.61. The van der Waals surface area contributed by atoms with E-state index in [1.807, 2.05) is 54.3 Å². The molecule has 1 amide bonds. The maximum absolute atomic E-state index is 17.6. The Balaban J connectivity index is 1.27. The summed E-state index contributed by atoms with van der Waals surface area (Å²) < 4.78 is 24.1. The maximum atomic E-state index is 17.6. The van der Waals surface area contributed by atoms with Gasteiger partial charge in [-0.1, -0.05) is 49.9 Å². The molecular weight excluding hydrogens is 617 g/mol. The molecule has 0 unspecified atom stereocenters. The molecule has 3 saturated heterocycles. The van der Waals surface area contributed by atoms with Crippen molar-refractivity contribution in [1.29, 1.82) is 0 Å². The van der Waals surface area contributed by atoms with Gasteiger partial charge in [0.2, 0.25) is 5.91 Å². The number of H-pyrrole nitrogens is 1. The molecule has 3 aliphatic heterocycles. The van der Waals surface area contributed by atoms with Crippen LogP contribution in [0.3, 0.4) is 0 Å². The monoisotopic (exact) mass is 659 g/mol. The highest BCUT2D eigenvalue weighted by Gasteiger charge is 2.46. The third kappa shape index (κ3) is 5.61. The summed E-state index contributed by atoms with van der Waals surface area (Å²) in [5.41, 5.74) is 5.12. The van der Waals surface area contributed by atoms with Crippen LogP contribution in [0.15, 0.2) is 67.4 Å². The van der Waals surface area contributed by atoms with Crippen LogP contribution >= 0.6 is 0 Å². The fourth-order valence-corrected chi connectivity index (χ4v) is 8.08. The first-order chi connectivity index (χ1) is 23.9. The Morgan fingerprint density at radius 2 is 1.80 bits per heavy atom. The van der Waals surface area contributed by atoms with Gasteiger partial charge in [0.05, 0.1) is 11.7 Å². The quantitative estimate of drug-likeness (QED) is 0.193. The molecule has 0 bridgehead atoms. The first-order valence-electron chi connectivity index (χ1n) is 17.4. The highest BCUT2D eigenvalue weighted by molar-refractivity contribution is 6.06. The van der Waals surface area contributed by atoms with E-state index >= 15 is 4.39 Å². The van der Waals surface area contributed by atoms with Gasteiger partial charge in [0.15, 0.2) is 5.82 Å². The number of aromatic nitrogens is 4. The van der Waals surface area contributed by atoms with Crippen LogP contribution in [-0.2, 0) is 4.79 Å². The molecule has 0 aliphatic carbocycles. The van der Waals surface area contributed by atoms with Gasteiger partial charge in [-0.05, 0) is 79.6 Å². The third-order valence-electron chi connectivity index (χ3n) is 11.0. The van der Waals surface area contributed by atoms with E-state index in [2.05, 4.69) is 39.6 Å². The minimum absolute atomic E-state index is 0.0116. The van der Waals surface area contributed by atoms with Gasteiger partial charge in [-0.25, -0.2) is 4.39 Å². The minimum Gasteiger partial charge on any atom is -0.460 e. The minimum atomic E-state index is -0.395. The van der Waals surface area contributed by atoms with Crippen molar-refractivity contribution in [2.24, 2.45) is 5.41 Å². The SMILES string of the molecule is C=CC(=O)N1CC2(CCN(c3nc(OC4CCN(CC)CC4)nc4c(F)c(-c5c(C)ccc6[nH]ncc56)c(-c5ccccc5)cc34)CC2)C1. The molecule has 3 fully saturated rings. The largest absolute Gasteiger partial charge is 0.460 e. The van der Waals surface area contributed by atoms with Gasteiger partial charge in [-0.15, -0.1) is 0 Å². The molecule has 1 N–H and O–H groups in total. The zero-order valence-electron chi connectivity index (χ0n) is 28.2. The molecule has 0 saturated carbocycles. The molecule has 5 aromatic rings. The Morgan fingerprint density at radius 1 is 1.04 bits per heavy atom. The third-order valence-corrected chi connectivity index (χ3v) is 11.0. The summed E-state index contributed by atoms with van der Waals surface area (Å²) in [5.74, 6) is 0.288. The van der Waals surface area contributed by atoms with Gasteiger partial charge < -0.3 is 19.4 Å². The van der Waals surface area contributed by atoms with Crippen molar-refractivity contribution >= 4 is 33.5 Å². The fourth-order valence-electron chi connectivity index (χ4n) is 8.08. The Bertz CT molecular complexity index is 2040. The summed E-state index contributed by atoms with van der Waals surface area (Å²) in [7, 11) is 0. The zero-order chi connectivity index (χ0) is 33.7. The van der Waals surface area contributed by atoms with Crippen molar-refractivity contribution in [2.45, 2.75) is 45.6 Å². The number of aryl methyl sites for hydroxylation is 1. The molecule has 3 aliphatic rings. The number of nitrogens with zero attached hydrogens (tertiary/aromatic N) is 6. The van der Waals surface area contributed by atoms with Crippen LogP contribution in [0.5, 0.6) is 6.01 Å². The molecule has 252 valence electrons.